The standard InChI is InChI=1S/C31H36BNO4/c1-21-18-27-28(31(4,5)17-16-30(27,2)3)19-25(21)13-8-22-6-11-24(12-7-22)29(34)33-37-20-23-9-14-26(15-10-23)32(35)36/h6-15,18-19,35-36H,16-17,20H2,1-5H3,(H,33,34). The highest BCUT2D eigenvalue weighted by Crippen LogP contribution is 2.46. The largest absolute Gasteiger partial charge is 0.488 e. The number of carbonyl (C=O) groups is 1. The smallest absolute Gasteiger partial charge is 0.423 e. The lowest BCUT2D eigenvalue weighted by molar-refractivity contribution is 0.0233. The fourth-order valence-electron chi connectivity index (χ4n) is 4.88. The lowest BCUT2D eigenvalue weighted by atomic mass is 9.62. The molecule has 6 heteroatoms. The van der Waals surface area contributed by atoms with Crippen LogP contribution in [0.4, 0.5) is 0 Å². The Kier molecular flexibility index (Phi) is 7.74. The summed E-state index contributed by atoms with van der Waals surface area (Å²) in [5.41, 5.74) is 11.0. The molecule has 3 N–H and O–H groups in total. The molecule has 0 aliphatic heterocycles. The third-order valence-corrected chi connectivity index (χ3v) is 7.55. The number of nitrogens with one attached hydrogen (secondary N) is 1. The van der Waals surface area contributed by atoms with Crippen LogP contribution >= 0.6 is 0 Å². The Bertz CT molecular complexity index is 1290. The number of aryl methyl sites for hydroxylation is 1. The van der Waals surface area contributed by atoms with E-state index in [2.05, 4.69) is 64.4 Å². The van der Waals surface area contributed by atoms with Gasteiger partial charge in [0, 0.05) is 5.56 Å². The molecule has 0 aromatic heterocycles. The Hall–Kier alpha value is -3.19. The Morgan fingerprint density at radius 2 is 1.51 bits per heavy atom. The Labute approximate surface area is 220 Å². The summed E-state index contributed by atoms with van der Waals surface area (Å²) in [6.45, 7) is 11.7. The van der Waals surface area contributed by atoms with Gasteiger partial charge in [-0.15, -0.1) is 0 Å². The maximum absolute atomic E-state index is 12.4. The highest BCUT2D eigenvalue weighted by atomic mass is 16.6. The van der Waals surface area contributed by atoms with Gasteiger partial charge in [-0.05, 0) is 81.6 Å². The van der Waals surface area contributed by atoms with E-state index < -0.39 is 7.12 Å². The zero-order valence-corrected chi connectivity index (χ0v) is 22.3. The first-order chi connectivity index (χ1) is 17.5. The van der Waals surface area contributed by atoms with Gasteiger partial charge in [-0.1, -0.05) is 88.4 Å². The Morgan fingerprint density at radius 3 is 2.11 bits per heavy atom. The molecule has 0 fully saturated rings. The molecule has 0 bridgehead atoms. The van der Waals surface area contributed by atoms with Crippen molar-refractivity contribution in [2.24, 2.45) is 0 Å². The zero-order chi connectivity index (χ0) is 26.8. The minimum atomic E-state index is -1.51. The van der Waals surface area contributed by atoms with Crippen molar-refractivity contribution >= 4 is 30.6 Å². The maximum Gasteiger partial charge on any atom is 0.488 e. The summed E-state index contributed by atoms with van der Waals surface area (Å²) in [7, 11) is -1.51. The van der Waals surface area contributed by atoms with Crippen LogP contribution in [0.3, 0.4) is 0 Å². The molecular formula is C31H36BNO4. The summed E-state index contributed by atoms with van der Waals surface area (Å²) in [6.07, 6.45) is 6.63. The van der Waals surface area contributed by atoms with E-state index in [9.17, 15) is 4.79 Å². The predicted molar refractivity (Wildman–Crippen MR) is 150 cm³/mol. The molecule has 0 unspecified atom stereocenters. The number of amides is 1. The van der Waals surface area contributed by atoms with E-state index in [0.29, 0.717) is 11.0 Å². The summed E-state index contributed by atoms with van der Waals surface area (Å²) in [6, 6.07) is 18.8. The fraction of sp³-hybridized carbons (Fsp3) is 0.323. The molecule has 5 nitrogen and oxygen atoms in total. The van der Waals surface area contributed by atoms with Crippen molar-refractivity contribution in [3.63, 3.8) is 0 Å². The van der Waals surface area contributed by atoms with E-state index in [0.717, 1.165) is 11.1 Å². The SMILES string of the molecule is Cc1cc2c(cc1C=Cc1ccc(C(=O)NOCc3ccc(B(O)O)cc3)cc1)C(C)(C)CCC2(C)C. The zero-order valence-electron chi connectivity index (χ0n) is 22.3. The van der Waals surface area contributed by atoms with Crippen molar-refractivity contribution in [3.8, 4) is 0 Å². The van der Waals surface area contributed by atoms with Crippen LogP contribution in [-0.4, -0.2) is 23.1 Å². The third-order valence-electron chi connectivity index (χ3n) is 7.55. The summed E-state index contributed by atoms with van der Waals surface area (Å²) < 4.78 is 0. The molecule has 37 heavy (non-hydrogen) atoms. The van der Waals surface area contributed by atoms with Gasteiger partial charge in [-0.25, -0.2) is 5.48 Å². The minimum absolute atomic E-state index is 0.169. The number of hydrogen-bond donors (Lipinski definition) is 3. The van der Waals surface area contributed by atoms with Gasteiger partial charge in [0.15, 0.2) is 0 Å². The van der Waals surface area contributed by atoms with Crippen LogP contribution < -0.4 is 10.9 Å². The van der Waals surface area contributed by atoms with Crippen molar-refractivity contribution in [2.75, 3.05) is 0 Å². The van der Waals surface area contributed by atoms with E-state index >= 15 is 0 Å². The molecule has 0 saturated heterocycles. The molecular weight excluding hydrogens is 461 g/mol. The predicted octanol–water partition coefficient (Wildman–Crippen LogP) is 5.06. The van der Waals surface area contributed by atoms with Crippen LogP contribution in [0.1, 0.15) is 84.3 Å². The molecule has 1 aliphatic carbocycles. The molecule has 3 aromatic rings. The average molecular weight is 497 g/mol. The average Bonchev–Trinajstić information content (AvgIpc) is 2.86. The monoisotopic (exact) mass is 497 g/mol. The van der Waals surface area contributed by atoms with Crippen LogP contribution in [-0.2, 0) is 22.3 Å². The summed E-state index contributed by atoms with van der Waals surface area (Å²) in [5, 5.41) is 18.3. The quantitative estimate of drug-likeness (QED) is 0.242. The van der Waals surface area contributed by atoms with E-state index in [1.165, 1.54) is 35.1 Å². The van der Waals surface area contributed by atoms with E-state index in [1.54, 1.807) is 36.4 Å². The molecule has 3 aromatic carbocycles. The van der Waals surface area contributed by atoms with Crippen LogP contribution in [0, 0.1) is 6.92 Å². The first-order valence-electron chi connectivity index (χ1n) is 12.8. The number of fused-ring (bicyclic) bond motifs is 1. The first kappa shape index (κ1) is 26.9. The second-order valence-corrected chi connectivity index (χ2v) is 11.3. The van der Waals surface area contributed by atoms with Gasteiger partial charge < -0.3 is 10.0 Å². The highest BCUT2D eigenvalue weighted by molar-refractivity contribution is 6.58. The fourth-order valence-corrected chi connectivity index (χ4v) is 4.88. The van der Waals surface area contributed by atoms with Gasteiger partial charge in [0.1, 0.15) is 0 Å². The normalized spacial score (nSPS) is 15.9. The lowest BCUT2D eigenvalue weighted by Crippen LogP contribution is -2.34. The second-order valence-electron chi connectivity index (χ2n) is 11.3. The van der Waals surface area contributed by atoms with Crippen LogP contribution in [0.15, 0.2) is 60.7 Å². The van der Waals surface area contributed by atoms with E-state index in [-0.39, 0.29) is 23.3 Å². The van der Waals surface area contributed by atoms with Gasteiger partial charge >= 0.3 is 7.12 Å². The molecule has 1 amide bonds. The van der Waals surface area contributed by atoms with Crippen molar-refractivity contribution in [2.45, 2.75) is 64.9 Å². The van der Waals surface area contributed by atoms with E-state index in [4.69, 9.17) is 14.9 Å². The van der Waals surface area contributed by atoms with Crippen molar-refractivity contribution in [3.05, 3.63) is 99.6 Å². The molecule has 192 valence electrons. The highest BCUT2D eigenvalue weighted by Gasteiger charge is 2.37. The number of hydroxylamine groups is 1. The lowest BCUT2D eigenvalue weighted by Gasteiger charge is -2.42. The second kappa shape index (κ2) is 10.7. The van der Waals surface area contributed by atoms with Crippen LogP contribution in [0.2, 0.25) is 0 Å². The van der Waals surface area contributed by atoms with Crippen molar-refractivity contribution in [1.29, 1.82) is 0 Å². The summed E-state index contributed by atoms with van der Waals surface area (Å²) in [5.74, 6) is -0.326. The first-order valence-corrected chi connectivity index (χ1v) is 12.8. The Morgan fingerprint density at radius 1 is 0.919 bits per heavy atom. The summed E-state index contributed by atoms with van der Waals surface area (Å²) >= 11 is 0. The van der Waals surface area contributed by atoms with Gasteiger partial charge in [0.05, 0.1) is 6.61 Å². The number of hydrogen-bond acceptors (Lipinski definition) is 4. The van der Waals surface area contributed by atoms with E-state index in [1.807, 2.05) is 12.1 Å². The molecule has 0 radical (unpaired) electrons. The number of carbonyl (C=O) groups excluding carboxylic acids is 1. The van der Waals surface area contributed by atoms with Gasteiger partial charge in [-0.2, -0.15) is 0 Å². The molecule has 0 saturated carbocycles. The number of rotatable bonds is 7. The van der Waals surface area contributed by atoms with Crippen LogP contribution in [0.25, 0.3) is 12.2 Å². The van der Waals surface area contributed by atoms with Crippen molar-refractivity contribution < 1.29 is 19.7 Å². The molecule has 0 heterocycles. The maximum atomic E-state index is 12.4. The third kappa shape index (κ3) is 6.21. The van der Waals surface area contributed by atoms with Crippen LogP contribution in [0.5, 0.6) is 0 Å². The topological polar surface area (TPSA) is 78.8 Å². The molecule has 0 spiro atoms. The van der Waals surface area contributed by atoms with Gasteiger partial charge in [0.2, 0.25) is 0 Å². The Balaban J connectivity index is 1.39. The molecule has 1 aliphatic rings. The summed E-state index contributed by atoms with van der Waals surface area (Å²) in [4.78, 5) is 17.8. The van der Waals surface area contributed by atoms with Gasteiger partial charge in [-0.3, -0.25) is 9.63 Å². The molecule has 0 atom stereocenters. The molecule has 4 rings (SSSR count). The minimum Gasteiger partial charge on any atom is -0.423 e. The van der Waals surface area contributed by atoms with Crippen molar-refractivity contribution in [1.82, 2.24) is 5.48 Å². The van der Waals surface area contributed by atoms with Gasteiger partial charge in [0.25, 0.3) is 5.91 Å². The number of benzene rings is 3.